The van der Waals surface area contributed by atoms with Crippen molar-refractivity contribution >= 4 is 5.97 Å². The summed E-state index contributed by atoms with van der Waals surface area (Å²) in [5.74, 6) is -1.19. The zero-order valence-corrected chi connectivity index (χ0v) is 10.3. The molecule has 16 heavy (non-hydrogen) atoms. The van der Waals surface area contributed by atoms with Gasteiger partial charge >= 0.3 is 5.97 Å². The highest BCUT2D eigenvalue weighted by Crippen LogP contribution is 2.32. The molecule has 0 aromatic heterocycles. The molecule has 0 amide bonds. The first-order chi connectivity index (χ1) is 7.60. The van der Waals surface area contributed by atoms with Gasteiger partial charge in [0.15, 0.2) is 0 Å². The van der Waals surface area contributed by atoms with Crippen LogP contribution in [0.5, 0.6) is 0 Å². The Kier molecular flexibility index (Phi) is 5.22. The first kappa shape index (κ1) is 13.5. The van der Waals surface area contributed by atoms with Gasteiger partial charge in [-0.05, 0) is 19.8 Å². The Bertz CT molecular complexity index is 229. The zero-order valence-electron chi connectivity index (χ0n) is 10.3. The third-order valence-electron chi connectivity index (χ3n) is 3.29. The van der Waals surface area contributed by atoms with Crippen molar-refractivity contribution in [1.82, 2.24) is 0 Å². The van der Waals surface area contributed by atoms with E-state index in [1.54, 1.807) is 7.11 Å². The lowest BCUT2D eigenvalue weighted by Crippen LogP contribution is -2.34. The van der Waals surface area contributed by atoms with Crippen LogP contribution >= 0.6 is 0 Å². The summed E-state index contributed by atoms with van der Waals surface area (Å²) in [6.45, 7) is 3.99. The van der Waals surface area contributed by atoms with E-state index >= 15 is 0 Å². The van der Waals surface area contributed by atoms with Crippen molar-refractivity contribution in [2.75, 3.05) is 7.11 Å². The molecule has 1 aliphatic heterocycles. The maximum absolute atomic E-state index is 11.1. The van der Waals surface area contributed by atoms with Crippen molar-refractivity contribution in [2.24, 2.45) is 5.92 Å². The maximum Gasteiger partial charge on any atom is 0.309 e. The Morgan fingerprint density at radius 2 is 2.31 bits per heavy atom. The highest BCUT2D eigenvalue weighted by molar-refractivity contribution is 5.71. The lowest BCUT2D eigenvalue weighted by molar-refractivity contribution is -0.146. The molecule has 94 valence electrons. The summed E-state index contributed by atoms with van der Waals surface area (Å²) in [5, 5.41) is 9.14. The number of carboxylic acids is 1. The fourth-order valence-corrected chi connectivity index (χ4v) is 2.22. The van der Waals surface area contributed by atoms with Crippen LogP contribution in [0.1, 0.15) is 39.5 Å². The van der Waals surface area contributed by atoms with Crippen LogP contribution in [0, 0.1) is 5.92 Å². The number of unbranched alkanes of at least 4 members (excludes halogenated alkanes) is 1. The molecule has 0 bridgehead atoms. The van der Waals surface area contributed by atoms with Crippen LogP contribution < -0.4 is 0 Å². The highest BCUT2D eigenvalue weighted by Gasteiger charge is 2.42. The maximum atomic E-state index is 11.1. The third kappa shape index (κ3) is 3.19. The molecule has 1 fully saturated rings. The summed E-state index contributed by atoms with van der Waals surface area (Å²) in [6.07, 6.45) is 3.40. The van der Waals surface area contributed by atoms with E-state index in [2.05, 4.69) is 6.92 Å². The standard InChI is InChI=1S/C12H22O4/c1-4-5-6-9-7-10(12(13)14)11(16-9)8(2)15-3/h8-11H,4-7H2,1-3H3,(H,13,14). The monoisotopic (exact) mass is 230 g/mol. The van der Waals surface area contributed by atoms with Gasteiger partial charge in [0.1, 0.15) is 0 Å². The van der Waals surface area contributed by atoms with Gasteiger partial charge in [0, 0.05) is 7.11 Å². The van der Waals surface area contributed by atoms with E-state index in [1.165, 1.54) is 0 Å². The number of aliphatic carboxylic acids is 1. The summed E-state index contributed by atoms with van der Waals surface area (Å²) in [4.78, 5) is 11.1. The molecule has 0 radical (unpaired) electrons. The van der Waals surface area contributed by atoms with E-state index in [9.17, 15) is 4.79 Å². The fourth-order valence-electron chi connectivity index (χ4n) is 2.22. The molecule has 1 heterocycles. The lowest BCUT2D eigenvalue weighted by atomic mass is 9.95. The minimum absolute atomic E-state index is 0.0867. The molecular weight excluding hydrogens is 208 g/mol. The number of rotatable bonds is 6. The predicted molar refractivity (Wildman–Crippen MR) is 60.4 cm³/mol. The Labute approximate surface area is 96.9 Å². The first-order valence-corrected chi connectivity index (χ1v) is 6.01. The van der Waals surface area contributed by atoms with Crippen LogP contribution in [0.2, 0.25) is 0 Å². The van der Waals surface area contributed by atoms with Crippen LogP contribution in [-0.2, 0) is 14.3 Å². The molecule has 4 heteroatoms. The number of ether oxygens (including phenoxy) is 2. The van der Waals surface area contributed by atoms with Crippen molar-refractivity contribution < 1.29 is 19.4 Å². The summed E-state index contributed by atoms with van der Waals surface area (Å²) in [7, 11) is 1.59. The Morgan fingerprint density at radius 1 is 1.62 bits per heavy atom. The van der Waals surface area contributed by atoms with E-state index in [0.29, 0.717) is 6.42 Å². The molecule has 4 nitrogen and oxygen atoms in total. The number of hydrogen-bond acceptors (Lipinski definition) is 3. The van der Waals surface area contributed by atoms with Gasteiger partial charge in [-0.3, -0.25) is 4.79 Å². The van der Waals surface area contributed by atoms with Gasteiger partial charge in [-0.1, -0.05) is 19.8 Å². The van der Waals surface area contributed by atoms with E-state index in [-0.39, 0.29) is 18.3 Å². The van der Waals surface area contributed by atoms with Crippen molar-refractivity contribution in [3.8, 4) is 0 Å². The lowest BCUT2D eigenvalue weighted by Gasteiger charge is -2.21. The van der Waals surface area contributed by atoms with Crippen LogP contribution in [-0.4, -0.2) is 36.5 Å². The number of carbonyl (C=O) groups is 1. The van der Waals surface area contributed by atoms with E-state index in [4.69, 9.17) is 14.6 Å². The second-order valence-electron chi connectivity index (χ2n) is 4.49. The summed E-state index contributed by atoms with van der Waals surface area (Å²) in [5.41, 5.74) is 0. The van der Waals surface area contributed by atoms with Gasteiger partial charge in [0.2, 0.25) is 0 Å². The smallest absolute Gasteiger partial charge is 0.309 e. The number of methoxy groups -OCH3 is 1. The topological polar surface area (TPSA) is 55.8 Å². The van der Waals surface area contributed by atoms with Gasteiger partial charge in [0.05, 0.1) is 24.2 Å². The number of hydrogen-bond donors (Lipinski definition) is 1. The summed E-state index contributed by atoms with van der Waals surface area (Å²) in [6, 6.07) is 0. The third-order valence-corrected chi connectivity index (χ3v) is 3.29. The van der Waals surface area contributed by atoms with Crippen LogP contribution in [0.25, 0.3) is 0 Å². The SMILES string of the molecule is CCCCC1CC(C(=O)O)C(C(C)OC)O1. The molecule has 0 spiro atoms. The normalized spacial score (nSPS) is 31.6. The molecule has 0 aromatic carbocycles. The van der Waals surface area contributed by atoms with E-state index < -0.39 is 11.9 Å². The molecule has 1 N–H and O–H groups in total. The van der Waals surface area contributed by atoms with Crippen molar-refractivity contribution in [3.05, 3.63) is 0 Å². The molecule has 4 atom stereocenters. The van der Waals surface area contributed by atoms with Crippen molar-refractivity contribution in [3.63, 3.8) is 0 Å². The quantitative estimate of drug-likeness (QED) is 0.759. The van der Waals surface area contributed by atoms with Gasteiger partial charge in [-0.2, -0.15) is 0 Å². The first-order valence-electron chi connectivity index (χ1n) is 6.01. The van der Waals surface area contributed by atoms with Crippen LogP contribution in [0.4, 0.5) is 0 Å². The molecule has 0 aliphatic carbocycles. The summed E-state index contributed by atoms with van der Waals surface area (Å²) >= 11 is 0. The molecule has 1 aliphatic rings. The largest absolute Gasteiger partial charge is 0.481 e. The second kappa shape index (κ2) is 6.21. The average molecular weight is 230 g/mol. The minimum Gasteiger partial charge on any atom is -0.481 e. The van der Waals surface area contributed by atoms with Gasteiger partial charge in [0.25, 0.3) is 0 Å². The number of carboxylic acid groups (broad SMARTS) is 1. The molecule has 1 rings (SSSR count). The molecule has 1 saturated heterocycles. The molecule has 4 unspecified atom stereocenters. The van der Waals surface area contributed by atoms with Gasteiger partial charge in [-0.25, -0.2) is 0 Å². The fraction of sp³-hybridized carbons (Fsp3) is 0.917. The highest BCUT2D eigenvalue weighted by atomic mass is 16.5. The van der Waals surface area contributed by atoms with E-state index in [0.717, 1.165) is 19.3 Å². The van der Waals surface area contributed by atoms with Gasteiger partial charge in [-0.15, -0.1) is 0 Å². The zero-order chi connectivity index (χ0) is 12.1. The molecular formula is C12H22O4. The predicted octanol–water partition coefficient (Wildman–Crippen LogP) is 2.07. The van der Waals surface area contributed by atoms with E-state index in [1.807, 2.05) is 6.92 Å². The molecule has 0 saturated carbocycles. The van der Waals surface area contributed by atoms with Crippen LogP contribution in [0.3, 0.4) is 0 Å². The second-order valence-corrected chi connectivity index (χ2v) is 4.49. The summed E-state index contributed by atoms with van der Waals surface area (Å²) < 4.78 is 11.0. The van der Waals surface area contributed by atoms with Crippen molar-refractivity contribution in [2.45, 2.75) is 57.8 Å². The van der Waals surface area contributed by atoms with Crippen LogP contribution in [0.15, 0.2) is 0 Å². The Hall–Kier alpha value is -0.610. The minimum atomic E-state index is -0.770. The van der Waals surface area contributed by atoms with Gasteiger partial charge < -0.3 is 14.6 Å². The molecule has 0 aromatic rings. The Balaban J connectivity index is 2.57. The Morgan fingerprint density at radius 3 is 2.81 bits per heavy atom. The average Bonchev–Trinajstić information content (AvgIpc) is 2.69. The van der Waals surface area contributed by atoms with Crippen molar-refractivity contribution in [1.29, 1.82) is 0 Å².